The molecule has 58 valence electrons. The maximum atomic E-state index is 6.98. The van der Waals surface area contributed by atoms with Crippen molar-refractivity contribution in [3.8, 4) is 0 Å². The first-order chi connectivity index (χ1) is 4.76. The lowest BCUT2D eigenvalue weighted by Crippen LogP contribution is -2.14. The smallest absolute Gasteiger partial charge is 0.0856 e. The first kappa shape index (κ1) is 9.21. The summed E-state index contributed by atoms with van der Waals surface area (Å²) in [7, 11) is 1.90. The predicted molar refractivity (Wildman–Crippen MR) is 45.2 cm³/mol. The summed E-state index contributed by atoms with van der Waals surface area (Å²) in [6.07, 6.45) is 5.58. The summed E-state index contributed by atoms with van der Waals surface area (Å²) in [6.45, 7) is 4.15. The van der Waals surface area contributed by atoms with Gasteiger partial charge in [0.05, 0.1) is 6.34 Å². The van der Waals surface area contributed by atoms with Gasteiger partial charge in [-0.05, 0) is 13.3 Å². The largest absolute Gasteiger partial charge is 0.340 e. The van der Waals surface area contributed by atoms with Crippen molar-refractivity contribution in [1.82, 2.24) is 4.90 Å². The topological polar surface area (TPSA) is 27.1 Å². The van der Waals surface area contributed by atoms with E-state index in [1.54, 1.807) is 0 Å². The van der Waals surface area contributed by atoms with Crippen LogP contribution in [-0.2, 0) is 0 Å². The number of nitrogens with zero attached hydrogens (tertiary/aromatic N) is 1. The van der Waals surface area contributed by atoms with Crippen LogP contribution in [0.15, 0.2) is 11.8 Å². The number of rotatable bonds is 4. The SMILES string of the molecule is C/C=C(\CCC)N(C)C=N. The van der Waals surface area contributed by atoms with E-state index >= 15 is 0 Å². The van der Waals surface area contributed by atoms with Crippen molar-refractivity contribution in [2.45, 2.75) is 26.7 Å². The number of hydrogen-bond donors (Lipinski definition) is 1. The van der Waals surface area contributed by atoms with Crippen LogP contribution < -0.4 is 0 Å². The summed E-state index contributed by atoms with van der Waals surface area (Å²) in [5.74, 6) is 0. The second-order valence-electron chi connectivity index (χ2n) is 2.27. The number of nitrogens with one attached hydrogen (secondary N) is 1. The molecule has 0 fully saturated rings. The Morgan fingerprint density at radius 2 is 2.20 bits per heavy atom. The first-order valence-corrected chi connectivity index (χ1v) is 3.64. The van der Waals surface area contributed by atoms with E-state index in [1.807, 2.05) is 18.9 Å². The van der Waals surface area contributed by atoms with Crippen molar-refractivity contribution in [1.29, 1.82) is 5.41 Å². The van der Waals surface area contributed by atoms with Crippen molar-refractivity contribution in [3.05, 3.63) is 11.8 Å². The average Bonchev–Trinajstić information content (AvgIpc) is 1.99. The molecule has 10 heavy (non-hydrogen) atoms. The minimum Gasteiger partial charge on any atom is -0.340 e. The molecule has 0 spiro atoms. The minimum atomic E-state index is 1.06. The fraction of sp³-hybridized carbons (Fsp3) is 0.625. The monoisotopic (exact) mass is 140 g/mol. The van der Waals surface area contributed by atoms with Crippen LogP contribution in [0.1, 0.15) is 26.7 Å². The fourth-order valence-electron chi connectivity index (χ4n) is 0.863. The van der Waals surface area contributed by atoms with Crippen molar-refractivity contribution in [2.75, 3.05) is 7.05 Å². The zero-order chi connectivity index (χ0) is 7.98. The van der Waals surface area contributed by atoms with Gasteiger partial charge in [0, 0.05) is 12.7 Å². The highest BCUT2D eigenvalue weighted by Gasteiger charge is 1.96. The lowest BCUT2D eigenvalue weighted by Gasteiger charge is -2.15. The third kappa shape index (κ3) is 2.67. The van der Waals surface area contributed by atoms with Crippen LogP contribution in [0.4, 0.5) is 0 Å². The van der Waals surface area contributed by atoms with Crippen molar-refractivity contribution in [2.24, 2.45) is 0 Å². The standard InChI is InChI=1S/C8H16N2/c1-4-6-8(5-2)10(3)7-9/h5,7,9H,4,6H2,1-3H3/b8-5+,9-7?. The molecule has 0 aromatic heterocycles. The zero-order valence-electron chi connectivity index (χ0n) is 7.02. The molecule has 0 aliphatic rings. The van der Waals surface area contributed by atoms with E-state index in [4.69, 9.17) is 5.41 Å². The summed E-state index contributed by atoms with van der Waals surface area (Å²) < 4.78 is 0. The van der Waals surface area contributed by atoms with Gasteiger partial charge in [-0.15, -0.1) is 0 Å². The molecule has 0 aromatic carbocycles. The molecule has 1 N–H and O–H groups in total. The van der Waals surface area contributed by atoms with Gasteiger partial charge in [0.1, 0.15) is 0 Å². The molecule has 0 amide bonds. The lowest BCUT2D eigenvalue weighted by atomic mass is 10.2. The van der Waals surface area contributed by atoms with Gasteiger partial charge in [0.25, 0.3) is 0 Å². The van der Waals surface area contributed by atoms with E-state index < -0.39 is 0 Å². The molecule has 0 heterocycles. The molecule has 2 heteroatoms. The van der Waals surface area contributed by atoms with Crippen LogP contribution in [0.5, 0.6) is 0 Å². The van der Waals surface area contributed by atoms with Crippen LogP contribution >= 0.6 is 0 Å². The van der Waals surface area contributed by atoms with E-state index in [1.165, 1.54) is 12.0 Å². The van der Waals surface area contributed by atoms with Crippen molar-refractivity contribution < 1.29 is 0 Å². The maximum Gasteiger partial charge on any atom is 0.0856 e. The second kappa shape index (κ2) is 5.03. The van der Waals surface area contributed by atoms with Crippen LogP contribution in [0.2, 0.25) is 0 Å². The number of allylic oxidation sites excluding steroid dienone is 2. The molecule has 2 nitrogen and oxygen atoms in total. The Morgan fingerprint density at radius 3 is 2.50 bits per heavy atom. The van der Waals surface area contributed by atoms with Gasteiger partial charge in [-0.3, -0.25) is 5.41 Å². The molecule has 0 atom stereocenters. The highest BCUT2D eigenvalue weighted by Crippen LogP contribution is 2.06. The van der Waals surface area contributed by atoms with Gasteiger partial charge in [-0.2, -0.15) is 0 Å². The van der Waals surface area contributed by atoms with Crippen LogP contribution in [-0.4, -0.2) is 18.3 Å². The Bertz CT molecular complexity index is 127. The molecule has 0 saturated heterocycles. The summed E-state index contributed by atoms with van der Waals surface area (Å²) in [5.41, 5.74) is 1.22. The first-order valence-electron chi connectivity index (χ1n) is 3.64. The highest BCUT2D eigenvalue weighted by molar-refractivity contribution is 5.53. The minimum absolute atomic E-state index is 1.06. The molecule has 0 aromatic rings. The summed E-state index contributed by atoms with van der Waals surface area (Å²) in [6, 6.07) is 0. The molecule has 0 rings (SSSR count). The quantitative estimate of drug-likeness (QED) is 0.470. The fourth-order valence-corrected chi connectivity index (χ4v) is 0.863. The Balaban J connectivity index is 3.94. The normalized spacial score (nSPS) is 11.3. The lowest BCUT2D eigenvalue weighted by molar-refractivity contribution is 0.593. The van der Waals surface area contributed by atoms with Gasteiger partial charge in [-0.1, -0.05) is 19.4 Å². The van der Waals surface area contributed by atoms with Crippen molar-refractivity contribution in [3.63, 3.8) is 0 Å². The maximum absolute atomic E-state index is 6.98. The van der Waals surface area contributed by atoms with Crippen molar-refractivity contribution >= 4 is 6.34 Å². The van der Waals surface area contributed by atoms with Gasteiger partial charge in [-0.25, -0.2) is 0 Å². The van der Waals surface area contributed by atoms with Gasteiger partial charge in [0.2, 0.25) is 0 Å². The van der Waals surface area contributed by atoms with Gasteiger partial charge in [0.15, 0.2) is 0 Å². The van der Waals surface area contributed by atoms with Crippen LogP contribution in [0.25, 0.3) is 0 Å². The third-order valence-electron chi connectivity index (χ3n) is 1.49. The molecule has 0 radical (unpaired) electrons. The van der Waals surface area contributed by atoms with Crippen LogP contribution in [0.3, 0.4) is 0 Å². The summed E-state index contributed by atoms with van der Waals surface area (Å²) in [5, 5.41) is 6.98. The van der Waals surface area contributed by atoms with E-state index in [2.05, 4.69) is 13.0 Å². The summed E-state index contributed by atoms with van der Waals surface area (Å²) >= 11 is 0. The molecular formula is C8H16N2. The zero-order valence-corrected chi connectivity index (χ0v) is 7.02. The van der Waals surface area contributed by atoms with E-state index in [0.29, 0.717) is 0 Å². The number of hydrogen-bond acceptors (Lipinski definition) is 1. The highest BCUT2D eigenvalue weighted by atomic mass is 15.1. The molecule has 0 aliphatic heterocycles. The Labute approximate surface area is 63.0 Å². The Hall–Kier alpha value is -0.790. The molecule has 0 bridgehead atoms. The Kier molecular flexibility index (Phi) is 4.63. The predicted octanol–water partition coefficient (Wildman–Crippen LogP) is 2.23. The average molecular weight is 140 g/mol. The van der Waals surface area contributed by atoms with E-state index in [9.17, 15) is 0 Å². The van der Waals surface area contributed by atoms with Gasteiger partial charge < -0.3 is 4.90 Å². The third-order valence-corrected chi connectivity index (χ3v) is 1.49. The van der Waals surface area contributed by atoms with Crippen LogP contribution in [0, 0.1) is 5.41 Å². The van der Waals surface area contributed by atoms with E-state index in [-0.39, 0.29) is 0 Å². The molecular weight excluding hydrogens is 124 g/mol. The van der Waals surface area contributed by atoms with E-state index in [0.717, 1.165) is 12.8 Å². The molecule has 0 unspecified atom stereocenters. The molecule has 0 aliphatic carbocycles. The second-order valence-corrected chi connectivity index (χ2v) is 2.27. The molecule has 0 saturated carbocycles. The Morgan fingerprint density at radius 1 is 1.60 bits per heavy atom. The van der Waals surface area contributed by atoms with Gasteiger partial charge >= 0.3 is 0 Å². The summed E-state index contributed by atoms with van der Waals surface area (Å²) in [4.78, 5) is 1.84.